The zero-order valence-corrected chi connectivity index (χ0v) is 12.4. The Balaban J connectivity index is 2.18. The molecule has 1 unspecified atom stereocenters. The van der Waals surface area contributed by atoms with Crippen molar-refractivity contribution in [3.8, 4) is 0 Å². The van der Waals surface area contributed by atoms with Crippen molar-refractivity contribution in [3.05, 3.63) is 64.7 Å². The second-order valence-electron chi connectivity index (χ2n) is 4.73. The standard InChI is InChI=1S/C16H10ClFN2O3/c17-10-6-7-12-11(8-10)13(9-4-2-1-3-5-9)20-15(14(21)19-12)23-16(18)22/h1-8,15H,(H,19,21). The van der Waals surface area contributed by atoms with Crippen LogP contribution in [0.25, 0.3) is 0 Å². The van der Waals surface area contributed by atoms with Crippen LogP contribution < -0.4 is 5.32 Å². The Kier molecular flexibility index (Phi) is 4.08. The summed E-state index contributed by atoms with van der Waals surface area (Å²) in [6.45, 7) is 0. The van der Waals surface area contributed by atoms with Crippen molar-refractivity contribution in [3.63, 3.8) is 0 Å². The number of amides is 1. The van der Waals surface area contributed by atoms with Gasteiger partial charge in [-0.25, -0.2) is 9.79 Å². The van der Waals surface area contributed by atoms with Gasteiger partial charge in [0.1, 0.15) is 0 Å². The van der Waals surface area contributed by atoms with Crippen LogP contribution in [0.15, 0.2) is 53.5 Å². The monoisotopic (exact) mass is 332 g/mol. The molecule has 116 valence electrons. The molecule has 23 heavy (non-hydrogen) atoms. The minimum Gasteiger partial charge on any atom is -0.405 e. The van der Waals surface area contributed by atoms with Gasteiger partial charge in [-0.3, -0.25) is 4.79 Å². The van der Waals surface area contributed by atoms with Gasteiger partial charge in [-0.2, -0.15) is 0 Å². The molecule has 0 aromatic heterocycles. The summed E-state index contributed by atoms with van der Waals surface area (Å²) in [7, 11) is 0. The number of nitrogens with zero attached hydrogens (tertiary/aromatic N) is 1. The fourth-order valence-corrected chi connectivity index (χ4v) is 2.43. The maximum atomic E-state index is 12.6. The first kappa shape index (κ1) is 15.2. The molecule has 1 aliphatic rings. The summed E-state index contributed by atoms with van der Waals surface area (Å²) >= 11 is 6.03. The molecule has 5 nitrogen and oxygen atoms in total. The molecule has 7 heteroatoms. The van der Waals surface area contributed by atoms with E-state index in [9.17, 15) is 14.0 Å². The molecule has 0 aliphatic carbocycles. The van der Waals surface area contributed by atoms with Crippen LogP contribution in [0, 0.1) is 0 Å². The van der Waals surface area contributed by atoms with E-state index < -0.39 is 18.4 Å². The number of ether oxygens (including phenoxy) is 1. The molecule has 1 atom stereocenters. The first-order chi connectivity index (χ1) is 11.0. The Morgan fingerprint density at radius 1 is 1.22 bits per heavy atom. The number of rotatable bonds is 2. The molecule has 1 aliphatic heterocycles. The predicted molar refractivity (Wildman–Crippen MR) is 83.5 cm³/mol. The molecule has 0 spiro atoms. The van der Waals surface area contributed by atoms with E-state index in [4.69, 9.17) is 11.6 Å². The van der Waals surface area contributed by atoms with Crippen molar-refractivity contribution in [2.24, 2.45) is 4.99 Å². The summed E-state index contributed by atoms with van der Waals surface area (Å²) in [5, 5.41) is 3.00. The number of carbonyl (C=O) groups is 2. The Morgan fingerprint density at radius 2 is 1.96 bits per heavy atom. The Bertz CT molecular complexity index is 808. The fraction of sp³-hybridized carbons (Fsp3) is 0.0625. The molecule has 1 amide bonds. The molecule has 0 fully saturated rings. The number of benzene rings is 2. The van der Waals surface area contributed by atoms with Crippen molar-refractivity contribution in [2.45, 2.75) is 6.23 Å². The SMILES string of the molecule is O=C(F)OC1N=C(c2ccccc2)c2cc(Cl)ccc2NC1=O. The summed E-state index contributed by atoms with van der Waals surface area (Å²) < 4.78 is 16.9. The van der Waals surface area contributed by atoms with E-state index in [-0.39, 0.29) is 0 Å². The van der Waals surface area contributed by atoms with Crippen molar-refractivity contribution in [1.82, 2.24) is 0 Å². The van der Waals surface area contributed by atoms with Crippen molar-refractivity contribution >= 4 is 35.1 Å². The molecule has 2 aromatic rings. The van der Waals surface area contributed by atoms with Crippen molar-refractivity contribution in [1.29, 1.82) is 0 Å². The predicted octanol–water partition coefficient (Wildman–Crippen LogP) is 3.56. The van der Waals surface area contributed by atoms with Gasteiger partial charge < -0.3 is 10.1 Å². The van der Waals surface area contributed by atoms with Gasteiger partial charge in [0.05, 0.1) is 11.4 Å². The van der Waals surface area contributed by atoms with Gasteiger partial charge in [-0.15, -0.1) is 4.39 Å². The van der Waals surface area contributed by atoms with Crippen molar-refractivity contribution < 1.29 is 18.7 Å². The van der Waals surface area contributed by atoms with Crippen LogP contribution in [0.5, 0.6) is 0 Å². The first-order valence-electron chi connectivity index (χ1n) is 6.65. The van der Waals surface area contributed by atoms with Crippen LogP contribution in [-0.4, -0.2) is 24.1 Å². The van der Waals surface area contributed by atoms with E-state index in [1.807, 2.05) is 6.07 Å². The summed E-state index contributed by atoms with van der Waals surface area (Å²) in [4.78, 5) is 26.8. The third-order valence-electron chi connectivity index (χ3n) is 3.22. The topological polar surface area (TPSA) is 67.8 Å². The maximum Gasteiger partial charge on any atom is 0.497 e. The second-order valence-corrected chi connectivity index (χ2v) is 5.17. The quantitative estimate of drug-likeness (QED) is 0.855. The number of carbonyl (C=O) groups excluding carboxylic acids is 2. The Labute approximate surface area is 135 Å². The minimum absolute atomic E-state index is 0.368. The molecule has 0 radical (unpaired) electrons. The minimum atomic E-state index is -2.08. The summed E-state index contributed by atoms with van der Waals surface area (Å²) in [5.74, 6) is -0.745. The average Bonchev–Trinajstić information content (AvgIpc) is 2.65. The lowest BCUT2D eigenvalue weighted by atomic mass is 10.0. The number of anilines is 1. The third-order valence-corrected chi connectivity index (χ3v) is 3.45. The Hall–Kier alpha value is -2.73. The Morgan fingerprint density at radius 3 is 2.65 bits per heavy atom. The highest BCUT2D eigenvalue weighted by molar-refractivity contribution is 6.32. The van der Waals surface area contributed by atoms with E-state index in [0.717, 1.165) is 0 Å². The van der Waals surface area contributed by atoms with Crippen molar-refractivity contribution in [2.75, 3.05) is 5.32 Å². The molecule has 1 heterocycles. The van der Waals surface area contributed by atoms with Crippen LogP contribution in [0.2, 0.25) is 5.02 Å². The first-order valence-corrected chi connectivity index (χ1v) is 7.02. The molecule has 2 aromatic carbocycles. The molecular weight excluding hydrogens is 323 g/mol. The second kappa shape index (κ2) is 6.18. The lowest BCUT2D eigenvalue weighted by molar-refractivity contribution is -0.124. The number of halogens is 2. The average molecular weight is 333 g/mol. The van der Waals surface area contributed by atoms with E-state index in [2.05, 4.69) is 15.0 Å². The number of hydrogen-bond acceptors (Lipinski definition) is 4. The largest absolute Gasteiger partial charge is 0.497 e. The van der Waals surface area contributed by atoms with Crippen LogP contribution in [0.4, 0.5) is 14.9 Å². The molecular formula is C16H10ClFN2O3. The summed E-state index contributed by atoms with van der Waals surface area (Å²) in [5.41, 5.74) is 2.04. The highest BCUT2D eigenvalue weighted by Gasteiger charge is 2.28. The van der Waals surface area contributed by atoms with Crippen LogP contribution in [0.1, 0.15) is 11.1 Å². The highest BCUT2D eigenvalue weighted by Crippen LogP contribution is 2.27. The van der Waals surface area contributed by atoms with Gasteiger partial charge in [-0.05, 0) is 18.2 Å². The summed E-state index contributed by atoms with van der Waals surface area (Å²) in [6.07, 6.45) is -3.70. The zero-order valence-electron chi connectivity index (χ0n) is 11.6. The molecule has 0 bridgehead atoms. The highest BCUT2D eigenvalue weighted by atomic mass is 35.5. The van der Waals surface area contributed by atoms with E-state index in [1.54, 1.807) is 42.5 Å². The molecule has 3 rings (SSSR count). The number of benzodiazepines with no additional fused rings is 1. The lowest BCUT2D eigenvalue weighted by Crippen LogP contribution is -2.29. The number of fused-ring (bicyclic) bond motifs is 1. The zero-order chi connectivity index (χ0) is 16.4. The maximum absolute atomic E-state index is 12.6. The van der Waals surface area contributed by atoms with Crippen LogP contribution in [-0.2, 0) is 9.53 Å². The lowest BCUT2D eigenvalue weighted by Gasteiger charge is -2.10. The summed E-state index contributed by atoms with van der Waals surface area (Å²) in [6, 6.07) is 13.8. The fourth-order valence-electron chi connectivity index (χ4n) is 2.25. The van der Waals surface area contributed by atoms with Gasteiger partial charge >= 0.3 is 6.22 Å². The van der Waals surface area contributed by atoms with Gasteiger partial charge in [-0.1, -0.05) is 41.9 Å². The molecule has 0 saturated heterocycles. The third kappa shape index (κ3) is 3.22. The normalized spacial score (nSPS) is 16.7. The molecule has 1 N–H and O–H groups in total. The smallest absolute Gasteiger partial charge is 0.405 e. The van der Waals surface area contributed by atoms with E-state index >= 15 is 0 Å². The van der Waals surface area contributed by atoms with Crippen LogP contribution >= 0.6 is 11.6 Å². The van der Waals surface area contributed by atoms with Gasteiger partial charge in [0.15, 0.2) is 0 Å². The number of hydrogen-bond donors (Lipinski definition) is 1. The molecule has 0 saturated carbocycles. The van der Waals surface area contributed by atoms with Crippen LogP contribution in [0.3, 0.4) is 0 Å². The van der Waals surface area contributed by atoms with Gasteiger partial charge in [0.2, 0.25) is 0 Å². The van der Waals surface area contributed by atoms with Gasteiger partial charge in [0.25, 0.3) is 12.1 Å². The number of aliphatic imine (C=N–C) groups is 1. The van der Waals surface area contributed by atoms with Gasteiger partial charge in [0, 0.05) is 16.1 Å². The van der Waals surface area contributed by atoms with E-state index in [1.165, 1.54) is 0 Å². The van der Waals surface area contributed by atoms with E-state index in [0.29, 0.717) is 27.5 Å². The number of nitrogens with one attached hydrogen (secondary N) is 1.